The van der Waals surface area contributed by atoms with Gasteiger partial charge in [-0.2, -0.15) is 0 Å². The lowest BCUT2D eigenvalue weighted by molar-refractivity contribution is 0.368. The molecule has 0 amide bonds. The predicted molar refractivity (Wildman–Crippen MR) is 65.6 cm³/mol. The van der Waals surface area contributed by atoms with Gasteiger partial charge in [0.05, 0.1) is 0 Å². The number of ether oxygens (including phenoxy) is 1. The zero-order chi connectivity index (χ0) is 11.2. The van der Waals surface area contributed by atoms with Gasteiger partial charge in [-0.25, -0.2) is 0 Å². The van der Waals surface area contributed by atoms with E-state index >= 15 is 0 Å². The van der Waals surface area contributed by atoms with Gasteiger partial charge >= 0.3 is 0 Å². The second-order valence-corrected chi connectivity index (χ2v) is 4.09. The van der Waals surface area contributed by atoms with Crippen LogP contribution in [0.2, 0.25) is 0 Å². The molecule has 1 aliphatic heterocycles. The summed E-state index contributed by atoms with van der Waals surface area (Å²) in [6.07, 6.45) is 7.59. The molecule has 0 saturated carbocycles. The molecule has 1 fully saturated rings. The minimum absolute atomic E-state index is 0.343. The van der Waals surface area contributed by atoms with Crippen LogP contribution in [0.4, 0.5) is 0 Å². The lowest BCUT2D eigenvalue weighted by Crippen LogP contribution is -2.26. The van der Waals surface area contributed by atoms with Crippen molar-refractivity contribution in [1.82, 2.24) is 5.32 Å². The Balaban J connectivity index is 2.06. The van der Waals surface area contributed by atoms with Crippen LogP contribution in [0.25, 0.3) is 0 Å². The van der Waals surface area contributed by atoms with Gasteiger partial charge in [-0.15, -0.1) is 6.42 Å². The van der Waals surface area contributed by atoms with Crippen molar-refractivity contribution in [3.63, 3.8) is 0 Å². The lowest BCUT2D eigenvalue weighted by atomic mass is 9.90. The molecule has 0 bridgehead atoms. The summed E-state index contributed by atoms with van der Waals surface area (Å²) in [4.78, 5) is 0. The topological polar surface area (TPSA) is 21.3 Å². The highest BCUT2D eigenvalue weighted by Gasteiger charge is 2.15. The monoisotopic (exact) mass is 215 g/mol. The molecule has 0 spiro atoms. The van der Waals surface area contributed by atoms with Gasteiger partial charge in [0.25, 0.3) is 0 Å². The van der Waals surface area contributed by atoms with E-state index in [0.717, 1.165) is 18.8 Å². The number of nitrogens with one attached hydrogen (secondary N) is 1. The number of hydrogen-bond acceptors (Lipinski definition) is 2. The molecule has 1 saturated heterocycles. The van der Waals surface area contributed by atoms with Crippen LogP contribution in [-0.4, -0.2) is 19.7 Å². The summed E-state index contributed by atoms with van der Waals surface area (Å²) >= 11 is 0. The van der Waals surface area contributed by atoms with Crippen LogP contribution in [0.1, 0.15) is 24.3 Å². The molecule has 1 aromatic carbocycles. The SMILES string of the molecule is C#CCOc1cccc(C2CCNCC2)c1. The smallest absolute Gasteiger partial charge is 0.148 e. The van der Waals surface area contributed by atoms with Gasteiger partial charge in [0.2, 0.25) is 0 Å². The van der Waals surface area contributed by atoms with Gasteiger partial charge < -0.3 is 10.1 Å². The normalized spacial score (nSPS) is 16.7. The summed E-state index contributed by atoms with van der Waals surface area (Å²) in [5.74, 6) is 4.03. The van der Waals surface area contributed by atoms with Crippen LogP contribution in [0, 0.1) is 12.3 Å². The van der Waals surface area contributed by atoms with E-state index in [-0.39, 0.29) is 0 Å². The molecule has 84 valence electrons. The molecular weight excluding hydrogens is 198 g/mol. The standard InChI is InChI=1S/C14H17NO/c1-2-10-16-14-5-3-4-13(11-14)12-6-8-15-9-7-12/h1,3-5,11-12,15H,6-10H2. The molecule has 16 heavy (non-hydrogen) atoms. The summed E-state index contributed by atoms with van der Waals surface area (Å²) in [6, 6.07) is 8.30. The number of terminal acetylenes is 1. The summed E-state index contributed by atoms with van der Waals surface area (Å²) in [5, 5.41) is 3.38. The predicted octanol–water partition coefficient (Wildman–Crippen LogP) is 2.17. The first-order valence-electron chi connectivity index (χ1n) is 5.77. The van der Waals surface area contributed by atoms with Crippen LogP contribution >= 0.6 is 0 Å². The quantitative estimate of drug-likeness (QED) is 0.780. The second-order valence-electron chi connectivity index (χ2n) is 4.09. The Hall–Kier alpha value is -1.46. The van der Waals surface area contributed by atoms with Crippen molar-refractivity contribution in [2.24, 2.45) is 0 Å². The molecule has 2 heteroatoms. The van der Waals surface area contributed by atoms with Gasteiger partial charge in [0, 0.05) is 0 Å². The Morgan fingerprint density at radius 2 is 2.19 bits per heavy atom. The first kappa shape index (κ1) is 11.0. The summed E-state index contributed by atoms with van der Waals surface area (Å²) in [7, 11) is 0. The number of piperidine rings is 1. The minimum atomic E-state index is 0.343. The summed E-state index contributed by atoms with van der Waals surface area (Å²) in [5.41, 5.74) is 1.37. The van der Waals surface area contributed by atoms with E-state index in [4.69, 9.17) is 11.2 Å². The first-order valence-corrected chi connectivity index (χ1v) is 5.77. The van der Waals surface area contributed by atoms with Crippen molar-refractivity contribution in [2.45, 2.75) is 18.8 Å². The molecular formula is C14H17NO. The molecule has 1 aliphatic rings. The largest absolute Gasteiger partial charge is 0.481 e. The second kappa shape index (κ2) is 5.58. The Kier molecular flexibility index (Phi) is 3.85. The van der Waals surface area contributed by atoms with Crippen molar-refractivity contribution in [2.75, 3.05) is 19.7 Å². The Morgan fingerprint density at radius 3 is 2.94 bits per heavy atom. The highest BCUT2D eigenvalue weighted by atomic mass is 16.5. The van der Waals surface area contributed by atoms with E-state index in [1.807, 2.05) is 12.1 Å². The molecule has 1 N–H and O–H groups in total. The zero-order valence-corrected chi connectivity index (χ0v) is 9.41. The van der Waals surface area contributed by atoms with E-state index in [1.54, 1.807) is 0 Å². The van der Waals surface area contributed by atoms with E-state index in [2.05, 4.69) is 23.4 Å². The van der Waals surface area contributed by atoms with Crippen LogP contribution in [0.15, 0.2) is 24.3 Å². The van der Waals surface area contributed by atoms with Crippen LogP contribution in [-0.2, 0) is 0 Å². The van der Waals surface area contributed by atoms with E-state index in [1.165, 1.54) is 18.4 Å². The van der Waals surface area contributed by atoms with Crippen LogP contribution in [0.3, 0.4) is 0 Å². The molecule has 2 nitrogen and oxygen atoms in total. The van der Waals surface area contributed by atoms with Gasteiger partial charge in [-0.3, -0.25) is 0 Å². The summed E-state index contributed by atoms with van der Waals surface area (Å²) in [6.45, 7) is 2.57. The highest BCUT2D eigenvalue weighted by molar-refractivity contribution is 5.31. The van der Waals surface area contributed by atoms with Crippen molar-refractivity contribution in [1.29, 1.82) is 0 Å². The first-order chi connectivity index (χ1) is 7.90. The number of rotatable bonds is 3. The van der Waals surface area contributed by atoms with Gasteiger partial charge in [-0.1, -0.05) is 18.1 Å². The summed E-state index contributed by atoms with van der Waals surface area (Å²) < 4.78 is 5.43. The Morgan fingerprint density at radius 1 is 1.38 bits per heavy atom. The fourth-order valence-electron chi connectivity index (χ4n) is 2.14. The van der Waals surface area contributed by atoms with Crippen molar-refractivity contribution < 1.29 is 4.74 Å². The Labute approximate surface area is 97.0 Å². The molecule has 0 atom stereocenters. The zero-order valence-electron chi connectivity index (χ0n) is 9.41. The van der Waals surface area contributed by atoms with E-state index in [9.17, 15) is 0 Å². The maximum Gasteiger partial charge on any atom is 0.148 e. The number of benzene rings is 1. The lowest BCUT2D eigenvalue weighted by Gasteiger charge is -2.23. The molecule has 2 rings (SSSR count). The number of hydrogen-bond donors (Lipinski definition) is 1. The highest BCUT2D eigenvalue weighted by Crippen LogP contribution is 2.27. The van der Waals surface area contributed by atoms with Gasteiger partial charge in [0.15, 0.2) is 0 Å². The van der Waals surface area contributed by atoms with E-state index in [0.29, 0.717) is 12.5 Å². The van der Waals surface area contributed by atoms with Crippen molar-refractivity contribution >= 4 is 0 Å². The molecule has 0 aliphatic carbocycles. The molecule has 1 heterocycles. The molecule has 0 unspecified atom stereocenters. The van der Waals surface area contributed by atoms with Gasteiger partial charge in [0.1, 0.15) is 12.4 Å². The van der Waals surface area contributed by atoms with E-state index < -0.39 is 0 Å². The Bertz CT molecular complexity index is 375. The van der Waals surface area contributed by atoms with Gasteiger partial charge in [-0.05, 0) is 49.5 Å². The maximum absolute atomic E-state index is 5.43. The fraction of sp³-hybridized carbons (Fsp3) is 0.429. The van der Waals surface area contributed by atoms with Crippen LogP contribution < -0.4 is 10.1 Å². The fourth-order valence-corrected chi connectivity index (χ4v) is 2.14. The van der Waals surface area contributed by atoms with Crippen molar-refractivity contribution in [3.05, 3.63) is 29.8 Å². The molecule has 0 radical (unpaired) electrons. The maximum atomic E-state index is 5.43. The average Bonchev–Trinajstić information content (AvgIpc) is 2.38. The van der Waals surface area contributed by atoms with Crippen molar-refractivity contribution in [3.8, 4) is 18.1 Å². The average molecular weight is 215 g/mol. The van der Waals surface area contributed by atoms with Crippen LogP contribution in [0.5, 0.6) is 5.75 Å². The third kappa shape index (κ3) is 2.77. The third-order valence-corrected chi connectivity index (χ3v) is 2.99. The molecule has 1 aromatic rings. The third-order valence-electron chi connectivity index (χ3n) is 2.99. The molecule has 0 aromatic heterocycles. The minimum Gasteiger partial charge on any atom is -0.481 e.